The van der Waals surface area contributed by atoms with Gasteiger partial charge in [-0.1, -0.05) is 29.5 Å². The predicted octanol–water partition coefficient (Wildman–Crippen LogP) is 1.81. The molecule has 0 fully saturated rings. The van der Waals surface area contributed by atoms with Crippen LogP contribution in [0.15, 0.2) is 40.5 Å². The summed E-state index contributed by atoms with van der Waals surface area (Å²) in [5, 5.41) is 1.67. The van der Waals surface area contributed by atoms with Crippen LogP contribution in [0.1, 0.15) is 12.6 Å². The number of aryl methyl sites for hydroxylation is 1. The first-order valence-corrected chi connectivity index (χ1v) is 7.95. The van der Waals surface area contributed by atoms with Gasteiger partial charge in [0, 0.05) is 23.8 Å². The summed E-state index contributed by atoms with van der Waals surface area (Å²) >= 11 is 1.02. The van der Waals surface area contributed by atoms with E-state index in [0.29, 0.717) is 11.4 Å². The number of esters is 1. The lowest BCUT2D eigenvalue weighted by molar-refractivity contribution is -0.154. The second-order valence-corrected chi connectivity index (χ2v) is 5.91. The number of rotatable bonds is 5. The first-order chi connectivity index (χ1) is 10.9. The van der Waals surface area contributed by atoms with Crippen LogP contribution in [0.2, 0.25) is 0 Å². The molecular formula is C16H18N2O4S. The summed E-state index contributed by atoms with van der Waals surface area (Å²) in [5.41, 5.74) is 1.41. The molecule has 0 saturated heterocycles. The molecule has 2 rings (SSSR count). The third-order valence-corrected chi connectivity index (χ3v) is 4.27. The number of anilines is 1. The van der Waals surface area contributed by atoms with Crippen molar-refractivity contribution in [2.45, 2.75) is 26.5 Å². The number of carbonyl (C=O) groups excluding carboxylic acids is 2. The normalized spacial score (nSPS) is 11.8. The maximum Gasteiger partial charge on any atom is 0.326 e. The third kappa shape index (κ3) is 4.07. The van der Waals surface area contributed by atoms with Crippen molar-refractivity contribution < 1.29 is 14.3 Å². The molecule has 1 aromatic carbocycles. The minimum atomic E-state index is -0.928. The van der Waals surface area contributed by atoms with Crippen LogP contribution < -0.4 is 9.77 Å². The smallest absolute Gasteiger partial charge is 0.326 e. The lowest BCUT2D eigenvalue weighted by atomic mass is 10.2. The van der Waals surface area contributed by atoms with Gasteiger partial charge in [-0.2, -0.15) is 0 Å². The zero-order valence-electron chi connectivity index (χ0n) is 13.2. The number of hydrogen-bond donors (Lipinski definition) is 0. The van der Waals surface area contributed by atoms with Crippen LogP contribution in [-0.4, -0.2) is 29.6 Å². The summed E-state index contributed by atoms with van der Waals surface area (Å²) in [5.74, 6) is -0.949. The highest BCUT2D eigenvalue weighted by molar-refractivity contribution is 7.07. The van der Waals surface area contributed by atoms with Gasteiger partial charge < -0.3 is 9.64 Å². The highest BCUT2D eigenvalue weighted by Crippen LogP contribution is 2.13. The van der Waals surface area contributed by atoms with Crippen LogP contribution in [0.3, 0.4) is 0 Å². The maximum absolute atomic E-state index is 12.3. The van der Waals surface area contributed by atoms with E-state index in [-0.39, 0.29) is 17.3 Å². The average molecular weight is 334 g/mol. The fraction of sp³-hybridized carbons (Fsp3) is 0.312. The largest absolute Gasteiger partial charge is 0.451 e. The molecule has 6 nitrogen and oxygen atoms in total. The van der Waals surface area contributed by atoms with Crippen molar-refractivity contribution in [3.8, 4) is 0 Å². The number of likely N-dealkylation sites (N-methyl/N-ethyl adjacent to an activating group) is 1. The number of benzene rings is 1. The van der Waals surface area contributed by atoms with Gasteiger partial charge >= 0.3 is 10.8 Å². The molecule has 122 valence electrons. The SMILES string of the molecule is Cc1csc(=O)n1CC(=O)OC(C)C(=O)N(C)c1ccccc1. The van der Waals surface area contributed by atoms with Crippen LogP contribution in [0.5, 0.6) is 0 Å². The molecule has 0 aliphatic rings. The molecule has 1 aromatic heterocycles. The molecule has 0 bridgehead atoms. The molecule has 0 spiro atoms. The van der Waals surface area contributed by atoms with Crippen LogP contribution in [-0.2, 0) is 20.9 Å². The highest BCUT2D eigenvalue weighted by atomic mass is 32.1. The van der Waals surface area contributed by atoms with Gasteiger partial charge in [-0.25, -0.2) is 0 Å². The van der Waals surface area contributed by atoms with Gasteiger partial charge in [0.05, 0.1) is 0 Å². The molecule has 0 saturated carbocycles. The minimum absolute atomic E-state index is 0.194. The Labute approximate surface area is 137 Å². The predicted molar refractivity (Wildman–Crippen MR) is 88.7 cm³/mol. The zero-order valence-corrected chi connectivity index (χ0v) is 14.0. The summed E-state index contributed by atoms with van der Waals surface area (Å²) in [7, 11) is 1.62. The Bertz CT molecular complexity index is 751. The van der Waals surface area contributed by atoms with E-state index in [1.54, 1.807) is 31.5 Å². The van der Waals surface area contributed by atoms with E-state index in [1.807, 2.05) is 18.2 Å². The van der Waals surface area contributed by atoms with Gasteiger partial charge in [0.2, 0.25) is 0 Å². The molecule has 1 atom stereocenters. The first kappa shape index (κ1) is 17.0. The topological polar surface area (TPSA) is 68.6 Å². The third-order valence-electron chi connectivity index (χ3n) is 3.39. The van der Waals surface area contributed by atoms with E-state index in [1.165, 1.54) is 16.4 Å². The minimum Gasteiger partial charge on any atom is -0.451 e. The lowest BCUT2D eigenvalue weighted by Gasteiger charge is -2.21. The average Bonchev–Trinajstić information content (AvgIpc) is 2.86. The number of ether oxygens (including phenoxy) is 1. The van der Waals surface area contributed by atoms with Gasteiger partial charge in [0.25, 0.3) is 5.91 Å². The summed E-state index contributed by atoms with van der Waals surface area (Å²) < 4.78 is 6.48. The standard InChI is InChI=1S/C16H18N2O4S/c1-11-10-23-16(21)18(11)9-14(19)22-12(2)15(20)17(3)13-7-5-4-6-8-13/h4-8,10,12H,9H2,1-3H3. The van der Waals surface area contributed by atoms with Crippen molar-refractivity contribution in [3.63, 3.8) is 0 Å². The van der Waals surface area contributed by atoms with Crippen molar-refractivity contribution in [2.75, 3.05) is 11.9 Å². The van der Waals surface area contributed by atoms with E-state index in [2.05, 4.69) is 0 Å². The molecular weight excluding hydrogens is 316 g/mol. The van der Waals surface area contributed by atoms with Gasteiger partial charge in [-0.15, -0.1) is 0 Å². The molecule has 23 heavy (non-hydrogen) atoms. The fourth-order valence-electron chi connectivity index (χ4n) is 2.06. The summed E-state index contributed by atoms with van der Waals surface area (Å²) in [6, 6.07) is 9.08. The van der Waals surface area contributed by atoms with Gasteiger partial charge in [0.15, 0.2) is 6.10 Å². The van der Waals surface area contributed by atoms with E-state index < -0.39 is 12.1 Å². The van der Waals surface area contributed by atoms with Gasteiger partial charge in [-0.05, 0) is 26.0 Å². The molecule has 2 aromatic rings. The number of thiazole rings is 1. The molecule has 0 N–H and O–H groups in total. The summed E-state index contributed by atoms with van der Waals surface area (Å²) in [4.78, 5) is 37.0. The molecule has 1 unspecified atom stereocenters. The Hall–Kier alpha value is -2.41. The number of carbonyl (C=O) groups is 2. The lowest BCUT2D eigenvalue weighted by Crippen LogP contribution is -2.38. The Morgan fingerprint density at radius 1 is 1.30 bits per heavy atom. The van der Waals surface area contributed by atoms with Crippen LogP contribution in [0.4, 0.5) is 5.69 Å². The molecule has 7 heteroatoms. The number of aromatic nitrogens is 1. The molecule has 1 amide bonds. The molecule has 0 aliphatic carbocycles. The van der Waals surface area contributed by atoms with E-state index in [9.17, 15) is 14.4 Å². The van der Waals surface area contributed by atoms with Crippen molar-refractivity contribution in [1.29, 1.82) is 0 Å². The quantitative estimate of drug-likeness (QED) is 0.782. The Kier molecular flexibility index (Phi) is 5.33. The van der Waals surface area contributed by atoms with E-state index >= 15 is 0 Å². The number of para-hydroxylation sites is 1. The fourth-order valence-corrected chi connectivity index (χ4v) is 2.80. The first-order valence-electron chi connectivity index (χ1n) is 7.07. The molecule has 0 aliphatic heterocycles. The van der Waals surface area contributed by atoms with Gasteiger partial charge in [-0.3, -0.25) is 19.0 Å². The van der Waals surface area contributed by atoms with E-state index in [0.717, 1.165) is 11.3 Å². The summed E-state index contributed by atoms with van der Waals surface area (Å²) in [6.45, 7) is 3.06. The van der Waals surface area contributed by atoms with Crippen molar-refractivity contribution in [2.24, 2.45) is 0 Å². The van der Waals surface area contributed by atoms with Crippen LogP contribution in [0, 0.1) is 6.92 Å². The molecule has 1 heterocycles. The van der Waals surface area contributed by atoms with Crippen molar-refractivity contribution in [3.05, 3.63) is 51.1 Å². The van der Waals surface area contributed by atoms with E-state index in [4.69, 9.17) is 4.74 Å². The Balaban J connectivity index is 1.98. The Morgan fingerprint density at radius 3 is 2.52 bits per heavy atom. The highest BCUT2D eigenvalue weighted by Gasteiger charge is 2.23. The van der Waals surface area contributed by atoms with Crippen molar-refractivity contribution in [1.82, 2.24) is 4.57 Å². The zero-order chi connectivity index (χ0) is 17.0. The Morgan fingerprint density at radius 2 is 1.96 bits per heavy atom. The van der Waals surface area contributed by atoms with Crippen LogP contribution in [0.25, 0.3) is 0 Å². The number of amides is 1. The van der Waals surface area contributed by atoms with Crippen molar-refractivity contribution >= 4 is 28.9 Å². The maximum atomic E-state index is 12.3. The number of hydrogen-bond acceptors (Lipinski definition) is 5. The second kappa shape index (κ2) is 7.23. The molecule has 0 radical (unpaired) electrons. The number of nitrogens with zero attached hydrogens (tertiary/aromatic N) is 2. The van der Waals surface area contributed by atoms with Crippen LogP contribution >= 0.6 is 11.3 Å². The summed E-state index contributed by atoms with van der Waals surface area (Å²) in [6.07, 6.45) is -0.928. The van der Waals surface area contributed by atoms with Gasteiger partial charge in [0.1, 0.15) is 6.54 Å². The monoisotopic (exact) mass is 334 g/mol. The second-order valence-electron chi connectivity index (χ2n) is 5.09.